The van der Waals surface area contributed by atoms with Crippen molar-refractivity contribution in [1.82, 2.24) is 10.4 Å². The van der Waals surface area contributed by atoms with Crippen LogP contribution in [0.2, 0.25) is 0 Å². The van der Waals surface area contributed by atoms with Crippen LogP contribution in [0.5, 0.6) is 0 Å². The van der Waals surface area contributed by atoms with Gasteiger partial charge in [0.15, 0.2) is 0 Å². The average Bonchev–Trinajstić information content (AvgIpc) is 3.09. The number of benzene rings is 1. The van der Waals surface area contributed by atoms with E-state index in [9.17, 15) is 14.4 Å². The summed E-state index contributed by atoms with van der Waals surface area (Å²) in [6.07, 6.45) is 2.63. The summed E-state index contributed by atoms with van der Waals surface area (Å²) in [5.74, 6) is -0.564. The first-order valence-corrected chi connectivity index (χ1v) is 9.64. The van der Waals surface area contributed by atoms with Crippen molar-refractivity contribution in [3.05, 3.63) is 46.3 Å². The molecule has 1 saturated heterocycles. The number of hydrogen-bond acceptors (Lipinski definition) is 5. The predicted molar refractivity (Wildman–Crippen MR) is 102 cm³/mol. The number of piperidine rings is 1. The van der Waals surface area contributed by atoms with Gasteiger partial charge in [-0.3, -0.25) is 15.0 Å². The maximum atomic E-state index is 13.0. The molecule has 7 nitrogen and oxygen atoms in total. The first kappa shape index (κ1) is 17.4. The molecule has 2 heterocycles. The van der Waals surface area contributed by atoms with Crippen molar-refractivity contribution < 1.29 is 14.0 Å². The van der Waals surface area contributed by atoms with Gasteiger partial charge in [0.05, 0.1) is 0 Å². The fourth-order valence-corrected chi connectivity index (χ4v) is 6.32. The molecule has 4 atom stereocenters. The Balaban J connectivity index is 1.52. The van der Waals surface area contributed by atoms with E-state index in [4.69, 9.17) is 10.2 Å². The van der Waals surface area contributed by atoms with Crippen LogP contribution in [-0.2, 0) is 4.79 Å². The zero-order valence-corrected chi connectivity index (χ0v) is 16.0. The topological polar surface area (TPSA) is 106 Å². The molecule has 2 aromatic rings. The zero-order chi connectivity index (χ0) is 19.9. The van der Waals surface area contributed by atoms with Gasteiger partial charge in [0.2, 0.25) is 5.91 Å². The summed E-state index contributed by atoms with van der Waals surface area (Å²) >= 11 is 0. The highest BCUT2D eigenvalue weighted by atomic mass is 16.4. The Kier molecular flexibility index (Phi) is 3.25. The van der Waals surface area contributed by atoms with E-state index in [0.717, 1.165) is 12.8 Å². The van der Waals surface area contributed by atoms with Gasteiger partial charge in [0.25, 0.3) is 5.91 Å². The third-order valence-corrected chi connectivity index (χ3v) is 8.09. The first-order valence-electron chi connectivity index (χ1n) is 9.64. The van der Waals surface area contributed by atoms with Gasteiger partial charge in [0, 0.05) is 17.3 Å². The SMILES string of the molecule is CC12CN(NC(=O)c3cc4ccccc4oc3=O)C3(C(N)=O)CC1CCC23C. The van der Waals surface area contributed by atoms with Crippen molar-refractivity contribution in [2.45, 2.75) is 38.6 Å². The number of carbonyl (C=O) groups excluding carboxylic acids is 2. The number of nitrogens with zero attached hydrogens (tertiary/aromatic N) is 1. The van der Waals surface area contributed by atoms with Gasteiger partial charge >= 0.3 is 5.63 Å². The lowest BCUT2D eigenvalue weighted by Crippen LogP contribution is -2.66. The molecular formula is C21H23N3O4. The summed E-state index contributed by atoms with van der Waals surface area (Å²) in [5, 5.41) is 2.36. The van der Waals surface area contributed by atoms with E-state index < -0.39 is 23.0 Å². The van der Waals surface area contributed by atoms with Crippen molar-refractivity contribution in [2.75, 3.05) is 6.54 Å². The Labute approximate surface area is 161 Å². The number of carbonyl (C=O) groups is 2. The highest BCUT2D eigenvalue weighted by Gasteiger charge is 2.80. The number of primary amides is 1. The van der Waals surface area contributed by atoms with Crippen molar-refractivity contribution in [3.8, 4) is 0 Å². The molecule has 2 aliphatic carbocycles. The molecule has 3 aliphatic rings. The number of amides is 2. The maximum absolute atomic E-state index is 13.0. The molecule has 1 aromatic carbocycles. The van der Waals surface area contributed by atoms with Gasteiger partial charge in [-0.1, -0.05) is 32.0 Å². The molecule has 7 heteroatoms. The number of hydrazine groups is 1. The smallest absolute Gasteiger partial charge is 0.349 e. The van der Waals surface area contributed by atoms with Crippen molar-refractivity contribution >= 4 is 22.8 Å². The molecule has 146 valence electrons. The number of nitrogens with one attached hydrogen (secondary N) is 1. The second-order valence-corrected chi connectivity index (χ2v) is 8.93. The van der Waals surface area contributed by atoms with E-state index in [1.807, 2.05) is 6.07 Å². The molecule has 2 saturated carbocycles. The summed E-state index contributed by atoms with van der Waals surface area (Å²) in [7, 11) is 0. The van der Waals surface area contributed by atoms with E-state index in [1.165, 1.54) is 6.07 Å². The minimum absolute atomic E-state index is 0.0819. The van der Waals surface area contributed by atoms with Crippen molar-refractivity contribution in [2.24, 2.45) is 22.5 Å². The highest BCUT2D eigenvalue weighted by molar-refractivity contribution is 5.97. The molecule has 28 heavy (non-hydrogen) atoms. The molecule has 3 N–H and O–H groups in total. The molecule has 4 bridgehead atoms. The fourth-order valence-electron chi connectivity index (χ4n) is 6.32. The predicted octanol–water partition coefficient (Wildman–Crippen LogP) is 1.80. The number of para-hydroxylation sites is 1. The Morgan fingerprint density at radius 2 is 2.04 bits per heavy atom. The Morgan fingerprint density at radius 3 is 2.75 bits per heavy atom. The van der Waals surface area contributed by atoms with Crippen LogP contribution >= 0.6 is 0 Å². The molecule has 4 unspecified atom stereocenters. The average molecular weight is 381 g/mol. The number of rotatable bonds is 3. The summed E-state index contributed by atoms with van der Waals surface area (Å²) in [5.41, 5.74) is 7.06. The minimum atomic E-state index is -0.919. The highest BCUT2D eigenvalue weighted by Crippen LogP contribution is 2.75. The number of hydrogen-bond donors (Lipinski definition) is 2. The van der Waals surface area contributed by atoms with Gasteiger partial charge in [-0.2, -0.15) is 0 Å². The fraction of sp³-hybridized carbons (Fsp3) is 0.476. The molecule has 5 rings (SSSR count). The van der Waals surface area contributed by atoms with Crippen LogP contribution in [0.15, 0.2) is 39.5 Å². The van der Waals surface area contributed by atoms with Gasteiger partial charge < -0.3 is 10.2 Å². The van der Waals surface area contributed by atoms with E-state index in [1.54, 1.807) is 23.2 Å². The van der Waals surface area contributed by atoms with Crippen LogP contribution in [-0.4, -0.2) is 28.9 Å². The van der Waals surface area contributed by atoms with Crippen molar-refractivity contribution in [3.63, 3.8) is 0 Å². The van der Waals surface area contributed by atoms with E-state index in [-0.39, 0.29) is 16.4 Å². The van der Waals surface area contributed by atoms with Crippen LogP contribution in [0.25, 0.3) is 11.0 Å². The molecule has 2 amide bonds. The molecule has 0 radical (unpaired) electrons. The second-order valence-electron chi connectivity index (χ2n) is 8.93. The number of nitrogens with two attached hydrogens (primary N) is 1. The maximum Gasteiger partial charge on any atom is 0.349 e. The summed E-state index contributed by atoms with van der Waals surface area (Å²) in [4.78, 5) is 37.9. The molecular weight excluding hydrogens is 358 g/mol. The normalized spacial score (nSPS) is 36.1. The first-order chi connectivity index (χ1) is 13.2. The Bertz CT molecular complexity index is 1090. The Hall–Kier alpha value is -2.67. The molecule has 1 aliphatic heterocycles. The van der Waals surface area contributed by atoms with Gasteiger partial charge in [-0.05, 0) is 42.7 Å². The number of fused-ring (bicyclic) bond motifs is 1. The van der Waals surface area contributed by atoms with Crippen LogP contribution in [0.4, 0.5) is 0 Å². The van der Waals surface area contributed by atoms with Gasteiger partial charge in [0.1, 0.15) is 16.7 Å². The van der Waals surface area contributed by atoms with Gasteiger partial charge in [-0.15, -0.1) is 0 Å². The summed E-state index contributed by atoms with van der Waals surface area (Å²) < 4.78 is 5.28. The lowest BCUT2D eigenvalue weighted by Gasteiger charge is -2.45. The van der Waals surface area contributed by atoms with E-state index in [2.05, 4.69) is 19.3 Å². The van der Waals surface area contributed by atoms with Crippen LogP contribution < -0.4 is 16.8 Å². The quantitative estimate of drug-likeness (QED) is 0.789. The standard InChI is InChI=1S/C21H23N3O4/c1-19-11-24(21(18(22)27)10-13(19)7-8-20(19,21)2)23-16(25)14-9-12-5-3-4-6-15(12)28-17(14)26/h3-6,9,13H,7-8,10-11H2,1-2H3,(H2,22,27)(H,23,25). The van der Waals surface area contributed by atoms with Crippen LogP contribution in [0, 0.1) is 16.7 Å². The lowest BCUT2D eigenvalue weighted by atomic mass is 9.65. The van der Waals surface area contributed by atoms with Gasteiger partial charge in [-0.25, -0.2) is 9.80 Å². The van der Waals surface area contributed by atoms with Crippen LogP contribution in [0.3, 0.4) is 0 Å². The largest absolute Gasteiger partial charge is 0.422 e. The monoisotopic (exact) mass is 381 g/mol. The minimum Gasteiger partial charge on any atom is -0.422 e. The van der Waals surface area contributed by atoms with E-state index >= 15 is 0 Å². The molecule has 1 aromatic heterocycles. The second kappa shape index (κ2) is 5.23. The molecule has 0 spiro atoms. The van der Waals surface area contributed by atoms with Crippen LogP contribution in [0.1, 0.15) is 43.5 Å². The van der Waals surface area contributed by atoms with Crippen molar-refractivity contribution in [1.29, 1.82) is 0 Å². The lowest BCUT2D eigenvalue weighted by molar-refractivity contribution is -0.137. The Morgan fingerprint density at radius 1 is 1.29 bits per heavy atom. The third-order valence-electron chi connectivity index (χ3n) is 8.09. The summed E-state index contributed by atoms with van der Waals surface area (Å²) in [6.45, 7) is 4.84. The summed E-state index contributed by atoms with van der Waals surface area (Å²) in [6, 6.07) is 8.55. The van der Waals surface area contributed by atoms with E-state index in [0.29, 0.717) is 29.9 Å². The molecule has 3 fully saturated rings. The zero-order valence-electron chi connectivity index (χ0n) is 16.0. The third kappa shape index (κ3) is 1.80.